The largest absolute Gasteiger partial charge is 0.327 e. The summed E-state index contributed by atoms with van der Waals surface area (Å²) in [7, 11) is 0. The quantitative estimate of drug-likeness (QED) is 0.701. The van der Waals surface area contributed by atoms with Crippen LogP contribution >= 0.6 is 0 Å². The molecule has 0 aromatic rings. The molecular formula is C14H25N. The van der Waals surface area contributed by atoms with Crippen molar-refractivity contribution in [3.8, 4) is 0 Å². The lowest BCUT2D eigenvalue weighted by molar-refractivity contribution is 0.0471. The lowest BCUT2D eigenvalue weighted by Crippen LogP contribution is -2.48. The van der Waals surface area contributed by atoms with Crippen LogP contribution < -0.4 is 5.73 Å². The van der Waals surface area contributed by atoms with Crippen LogP contribution in [0.25, 0.3) is 0 Å². The number of rotatable bonds is 1. The van der Waals surface area contributed by atoms with Gasteiger partial charge in [0.1, 0.15) is 0 Å². The lowest BCUT2D eigenvalue weighted by Gasteiger charge is -2.47. The molecule has 3 rings (SSSR count). The minimum atomic E-state index is 0.561. The Labute approximate surface area is 93.8 Å². The van der Waals surface area contributed by atoms with E-state index in [0.29, 0.717) is 11.5 Å². The average molecular weight is 207 g/mol. The summed E-state index contributed by atoms with van der Waals surface area (Å²) >= 11 is 0. The summed E-state index contributed by atoms with van der Waals surface area (Å²) in [6.45, 7) is 2.36. The second-order valence-electron chi connectivity index (χ2n) is 6.40. The van der Waals surface area contributed by atoms with Crippen molar-refractivity contribution in [2.24, 2.45) is 28.9 Å². The Balaban J connectivity index is 1.83. The van der Waals surface area contributed by atoms with Crippen molar-refractivity contribution in [2.75, 3.05) is 0 Å². The van der Waals surface area contributed by atoms with E-state index in [-0.39, 0.29) is 0 Å². The first-order chi connectivity index (χ1) is 7.26. The van der Waals surface area contributed by atoms with Gasteiger partial charge < -0.3 is 5.73 Å². The first kappa shape index (κ1) is 10.1. The van der Waals surface area contributed by atoms with Gasteiger partial charge in [0.25, 0.3) is 0 Å². The second kappa shape index (κ2) is 3.48. The summed E-state index contributed by atoms with van der Waals surface area (Å²) in [6, 6.07) is 0.561. The molecule has 0 amide bonds. The molecule has 1 heteroatoms. The Hall–Kier alpha value is -0.0400. The predicted molar refractivity (Wildman–Crippen MR) is 63.5 cm³/mol. The van der Waals surface area contributed by atoms with Crippen LogP contribution in [0.3, 0.4) is 0 Å². The van der Waals surface area contributed by atoms with Crippen LogP contribution in [0.15, 0.2) is 0 Å². The van der Waals surface area contributed by atoms with Crippen molar-refractivity contribution in [3.63, 3.8) is 0 Å². The highest BCUT2D eigenvalue weighted by Crippen LogP contribution is 2.61. The molecule has 3 fully saturated rings. The highest BCUT2D eigenvalue weighted by molar-refractivity contribution is 5.09. The van der Waals surface area contributed by atoms with Gasteiger partial charge in [-0.15, -0.1) is 0 Å². The summed E-state index contributed by atoms with van der Waals surface area (Å²) < 4.78 is 0. The molecule has 3 aliphatic rings. The fourth-order valence-electron chi connectivity index (χ4n) is 5.09. The summed E-state index contributed by atoms with van der Waals surface area (Å²) in [5, 5.41) is 0. The van der Waals surface area contributed by atoms with Crippen LogP contribution in [0.2, 0.25) is 0 Å². The van der Waals surface area contributed by atoms with Crippen molar-refractivity contribution in [3.05, 3.63) is 0 Å². The van der Waals surface area contributed by atoms with E-state index in [1.165, 1.54) is 51.4 Å². The molecule has 5 atom stereocenters. The van der Waals surface area contributed by atoms with Crippen molar-refractivity contribution < 1.29 is 0 Å². The third-order valence-electron chi connectivity index (χ3n) is 5.96. The first-order valence-electron chi connectivity index (χ1n) is 7.02. The zero-order valence-electron chi connectivity index (χ0n) is 10.0. The molecule has 3 aliphatic carbocycles. The molecule has 3 saturated carbocycles. The number of hydrogen-bond donors (Lipinski definition) is 1. The Bertz CT molecular complexity index is 246. The molecule has 15 heavy (non-hydrogen) atoms. The zero-order chi connectivity index (χ0) is 10.5. The fraction of sp³-hybridized carbons (Fsp3) is 1.00. The summed E-state index contributed by atoms with van der Waals surface area (Å²) in [4.78, 5) is 0. The summed E-state index contributed by atoms with van der Waals surface area (Å²) in [5.41, 5.74) is 7.15. The molecular weight excluding hydrogens is 182 g/mol. The van der Waals surface area contributed by atoms with Gasteiger partial charge in [-0.25, -0.2) is 0 Å². The highest BCUT2D eigenvalue weighted by atomic mass is 14.8. The van der Waals surface area contributed by atoms with Gasteiger partial charge >= 0.3 is 0 Å². The summed E-state index contributed by atoms with van der Waals surface area (Å²) in [6.07, 6.45) is 11.6. The Morgan fingerprint density at radius 1 is 1.27 bits per heavy atom. The van der Waals surface area contributed by atoms with E-state index >= 15 is 0 Å². The Morgan fingerprint density at radius 2 is 2.13 bits per heavy atom. The number of hydrogen-bond acceptors (Lipinski definition) is 1. The molecule has 1 nitrogen and oxygen atoms in total. The van der Waals surface area contributed by atoms with Gasteiger partial charge in [-0.2, -0.15) is 0 Å². The molecule has 1 spiro atoms. The monoisotopic (exact) mass is 207 g/mol. The maximum absolute atomic E-state index is 6.55. The van der Waals surface area contributed by atoms with Crippen LogP contribution in [0.4, 0.5) is 0 Å². The molecule has 0 aliphatic heterocycles. The maximum Gasteiger partial charge on any atom is 0.0127 e. The smallest absolute Gasteiger partial charge is 0.0127 e. The number of fused-ring (bicyclic) bond motifs is 3. The molecule has 86 valence electrons. The van der Waals surface area contributed by atoms with Crippen LogP contribution in [0, 0.1) is 23.2 Å². The minimum Gasteiger partial charge on any atom is -0.327 e. The molecule has 0 aromatic carbocycles. The predicted octanol–water partition coefficient (Wildman–Crippen LogP) is 3.33. The van der Waals surface area contributed by atoms with Gasteiger partial charge in [-0.1, -0.05) is 26.2 Å². The molecule has 0 saturated heterocycles. The normalized spacial score (nSPS) is 54.0. The fourth-order valence-corrected chi connectivity index (χ4v) is 5.09. The Morgan fingerprint density at radius 3 is 2.80 bits per heavy atom. The van der Waals surface area contributed by atoms with Crippen LogP contribution in [-0.2, 0) is 0 Å². The molecule has 0 aromatic heterocycles. The Kier molecular flexibility index (Phi) is 2.35. The van der Waals surface area contributed by atoms with E-state index in [2.05, 4.69) is 6.92 Å². The van der Waals surface area contributed by atoms with Crippen LogP contribution in [0.5, 0.6) is 0 Å². The van der Waals surface area contributed by atoms with Crippen molar-refractivity contribution in [1.82, 2.24) is 0 Å². The lowest BCUT2D eigenvalue weighted by atomic mass is 9.59. The van der Waals surface area contributed by atoms with Crippen molar-refractivity contribution >= 4 is 0 Å². The van der Waals surface area contributed by atoms with Crippen LogP contribution in [-0.4, -0.2) is 6.04 Å². The maximum atomic E-state index is 6.55. The van der Waals surface area contributed by atoms with Crippen molar-refractivity contribution in [1.29, 1.82) is 0 Å². The standard InChI is InChI=1S/C14H25N/c1-2-10-4-3-7-14(9-10)12-6-5-11(8-12)13(14)15/h10-13H,2-9,15H2,1H3/t10-,11?,12-,13+,14+/m0/s1. The van der Waals surface area contributed by atoms with Crippen LogP contribution in [0.1, 0.15) is 58.3 Å². The van der Waals surface area contributed by atoms with Gasteiger partial charge in [0, 0.05) is 6.04 Å². The van der Waals surface area contributed by atoms with E-state index in [0.717, 1.165) is 17.8 Å². The van der Waals surface area contributed by atoms with E-state index in [1.54, 1.807) is 0 Å². The zero-order valence-corrected chi connectivity index (χ0v) is 10.0. The average Bonchev–Trinajstić information content (AvgIpc) is 2.84. The molecule has 2 N–H and O–H groups in total. The van der Waals surface area contributed by atoms with E-state index in [4.69, 9.17) is 5.73 Å². The van der Waals surface area contributed by atoms with Gasteiger partial charge in [0.15, 0.2) is 0 Å². The second-order valence-corrected chi connectivity index (χ2v) is 6.40. The van der Waals surface area contributed by atoms with E-state index < -0.39 is 0 Å². The van der Waals surface area contributed by atoms with E-state index in [9.17, 15) is 0 Å². The molecule has 0 radical (unpaired) electrons. The van der Waals surface area contributed by atoms with Gasteiger partial charge in [0.2, 0.25) is 0 Å². The molecule has 1 unspecified atom stereocenters. The SMILES string of the molecule is CC[C@H]1CCC[C@@]2(C1)[C@H]1CCC(C1)[C@H]2N. The van der Waals surface area contributed by atoms with Gasteiger partial charge in [-0.3, -0.25) is 0 Å². The third-order valence-corrected chi connectivity index (χ3v) is 5.96. The number of nitrogens with two attached hydrogens (primary N) is 1. The minimum absolute atomic E-state index is 0.561. The third kappa shape index (κ3) is 1.32. The topological polar surface area (TPSA) is 26.0 Å². The summed E-state index contributed by atoms with van der Waals surface area (Å²) in [5.74, 6) is 2.89. The van der Waals surface area contributed by atoms with Gasteiger partial charge in [-0.05, 0) is 55.3 Å². The molecule has 2 bridgehead atoms. The molecule has 0 heterocycles. The first-order valence-corrected chi connectivity index (χ1v) is 7.02. The van der Waals surface area contributed by atoms with Crippen molar-refractivity contribution in [2.45, 2.75) is 64.3 Å². The highest BCUT2D eigenvalue weighted by Gasteiger charge is 2.57. The van der Waals surface area contributed by atoms with E-state index in [1.807, 2.05) is 0 Å². The van der Waals surface area contributed by atoms with Gasteiger partial charge in [0.05, 0.1) is 0 Å².